The zero-order valence-electron chi connectivity index (χ0n) is 12.9. The molecule has 2 heterocycles. The van der Waals surface area contributed by atoms with Crippen LogP contribution < -0.4 is 5.32 Å². The molecule has 108 valence electrons. The van der Waals surface area contributed by atoms with E-state index in [1.807, 2.05) is 18.5 Å². The van der Waals surface area contributed by atoms with Crippen LogP contribution in [0.15, 0.2) is 18.5 Å². The predicted molar refractivity (Wildman–Crippen MR) is 81.8 cm³/mol. The minimum atomic E-state index is -0.0934. The second kappa shape index (κ2) is 5.61. The zero-order chi connectivity index (χ0) is 14.8. The fourth-order valence-corrected chi connectivity index (χ4v) is 1.97. The van der Waals surface area contributed by atoms with Crippen LogP contribution >= 0.6 is 0 Å². The third-order valence-electron chi connectivity index (χ3n) is 3.04. The number of rotatable bonds is 4. The van der Waals surface area contributed by atoms with Crippen LogP contribution in [-0.2, 0) is 12.0 Å². The van der Waals surface area contributed by atoms with E-state index in [0.29, 0.717) is 0 Å². The van der Waals surface area contributed by atoms with Gasteiger partial charge in [-0.1, -0.05) is 20.8 Å². The Hall–Kier alpha value is -1.91. The first-order chi connectivity index (χ1) is 9.45. The quantitative estimate of drug-likeness (QED) is 0.930. The number of imidazole rings is 1. The number of aromatic nitrogens is 4. The van der Waals surface area contributed by atoms with Crippen molar-refractivity contribution >= 4 is 5.82 Å². The van der Waals surface area contributed by atoms with Crippen molar-refractivity contribution in [2.75, 3.05) is 11.9 Å². The van der Waals surface area contributed by atoms with Crippen LogP contribution in [0.2, 0.25) is 0 Å². The van der Waals surface area contributed by atoms with Gasteiger partial charge in [-0.05, 0) is 13.8 Å². The first-order valence-corrected chi connectivity index (χ1v) is 7.10. The molecular weight excluding hydrogens is 250 g/mol. The van der Waals surface area contributed by atoms with Crippen molar-refractivity contribution in [3.05, 3.63) is 24.3 Å². The number of nitrogens with one attached hydrogen (secondary N) is 1. The van der Waals surface area contributed by atoms with E-state index in [-0.39, 0.29) is 5.41 Å². The molecule has 0 atom stereocenters. The van der Waals surface area contributed by atoms with Gasteiger partial charge in [-0.3, -0.25) is 0 Å². The Morgan fingerprint density at radius 3 is 2.55 bits per heavy atom. The lowest BCUT2D eigenvalue weighted by molar-refractivity contribution is 0.546. The van der Waals surface area contributed by atoms with Gasteiger partial charge in [0.15, 0.2) is 5.82 Å². The molecule has 0 saturated carbocycles. The Kier molecular flexibility index (Phi) is 4.06. The number of aryl methyl sites for hydroxylation is 1. The standard InChI is InChI=1S/C15H23N5/c1-6-16-12-10-11(13-17-8-9-20(13)7-2)18-14(19-12)15(3,4)5/h8-10H,6-7H2,1-5H3,(H,16,18,19). The minimum absolute atomic E-state index is 0.0934. The third-order valence-corrected chi connectivity index (χ3v) is 3.04. The van der Waals surface area contributed by atoms with Crippen LogP contribution in [0.3, 0.4) is 0 Å². The highest BCUT2D eigenvalue weighted by Crippen LogP contribution is 2.24. The molecule has 0 fully saturated rings. The zero-order valence-corrected chi connectivity index (χ0v) is 12.9. The van der Waals surface area contributed by atoms with E-state index in [9.17, 15) is 0 Å². The maximum Gasteiger partial charge on any atom is 0.158 e. The molecule has 0 aliphatic heterocycles. The summed E-state index contributed by atoms with van der Waals surface area (Å²) in [4.78, 5) is 13.7. The van der Waals surface area contributed by atoms with Crippen molar-refractivity contribution in [2.45, 2.75) is 46.6 Å². The third kappa shape index (κ3) is 2.98. The van der Waals surface area contributed by atoms with Crippen molar-refractivity contribution < 1.29 is 0 Å². The van der Waals surface area contributed by atoms with Crippen molar-refractivity contribution in [1.29, 1.82) is 0 Å². The molecule has 0 unspecified atom stereocenters. The van der Waals surface area contributed by atoms with Crippen molar-refractivity contribution in [1.82, 2.24) is 19.5 Å². The summed E-state index contributed by atoms with van der Waals surface area (Å²) >= 11 is 0. The van der Waals surface area contributed by atoms with E-state index in [0.717, 1.165) is 36.3 Å². The predicted octanol–water partition coefficient (Wildman–Crippen LogP) is 3.09. The molecule has 0 radical (unpaired) electrons. The van der Waals surface area contributed by atoms with Gasteiger partial charge in [0.1, 0.15) is 17.3 Å². The average molecular weight is 273 g/mol. The molecule has 0 saturated heterocycles. The van der Waals surface area contributed by atoms with Gasteiger partial charge in [-0.2, -0.15) is 0 Å². The fourth-order valence-electron chi connectivity index (χ4n) is 1.97. The molecule has 5 heteroatoms. The van der Waals surface area contributed by atoms with Gasteiger partial charge in [-0.15, -0.1) is 0 Å². The molecule has 0 amide bonds. The van der Waals surface area contributed by atoms with E-state index in [4.69, 9.17) is 4.98 Å². The smallest absolute Gasteiger partial charge is 0.158 e. The van der Waals surface area contributed by atoms with Gasteiger partial charge in [0, 0.05) is 37.0 Å². The summed E-state index contributed by atoms with van der Waals surface area (Å²) in [7, 11) is 0. The highest BCUT2D eigenvalue weighted by atomic mass is 15.1. The molecule has 0 bridgehead atoms. The van der Waals surface area contributed by atoms with Crippen LogP contribution in [0.4, 0.5) is 5.82 Å². The summed E-state index contributed by atoms with van der Waals surface area (Å²) in [6.07, 6.45) is 3.78. The largest absolute Gasteiger partial charge is 0.370 e. The molecule has 0 aromatic carbocycles. The Morgan fingerprint density at radius 2 is 1.95 bits per heavy atom. The molecule has 0 aliphatic carbocycles. The lowest BCUT2D eigenvalue weighted by Crippen LogP contribution is -2.18. The molecule has 1 N–H and O–H groups in total. The van der Waals surface area contributed by atoms with Gasteiger partial charge in [0.2, 0.25) is 0 Å². The summed E-state index contributed by atoms with van der Waals surface area (Å²) in [6, 6.07) is 1.97. The van der Waals surface area contributed by atoms with Crippen molar-refractivity contribution in [3.8, 4) is 11.5 Å². The van der Waals surface area contributed by atoms with Crippen LogP contribution in [0.1, 0.15) is 40.4 Å². The fraction of sp³-hybridized carbons (Fsp3) is 0.533. The highest BCUT2D eigenvalue weighted by molar-refractivity contribution is 5.56. The Labute approximate surface area is 120 Å². The van der Waals surface area contributed by atoms with Gasteiger partial charge >= 0.3 is 0 Å². The second-order valence-electron chi connectivity index (χ2n) is 5.78. The van der Waals surface area contributed by atoms with Crippen LogP contribution in [-0.4, -0.2) is 26.1 Å². The van der Waals surface area contributed by atoms with Crippen LogP contribution in [0.25, 0.3) is 11.5 Å². The lowest BCUT2D eigenvalue weighted by Gasteiger charge is -2.19. The summed E-state index contributed by atoms with van der Waals surface area (Å²) < 4.78 is 2.09. The Balaban J connectivity index is 2.55. The molecule has 2 rings (SSSR count). The first kappa shape index (κ1) is 14.5. The first-order valence-electron chi connectivity index (χ1n) is 7.10. The van der Waals surface area contributed by atoms with Crippen LogP contribution in [0, 0.1) is 0 Å². The maximum absolute atomic E-state index is 4.70. The van der Waals surface area contributed by atoms with E-state index in [1.54, 1.807) is 0 Å². The summed E-state index contributed by atoms with van der Waals surface area (Å²) in [6.45, 7) is 12.2. The Morgan fingerprint density at radius 1 is 1.20 bits per heavy atom. The lowest BCUT2D eigenvalue weighted by atomic mass is 9.95. The van der Waals surface area contributed by atoms with Crippen molar-refractivity contribution in [2.24, 2.45) is 0 Å². The SMILES string of the molecule is CCNc1cc(-c2nccn2CC)nc(C(C)(C)C)n1. The number of nitrogens with zero attached hydrogens (tertiary/aromatic N) is 4. The molecule has 20 heavy (non-hydrogen) atoms. The molecule has 0 aliphatic rings. The molecule has 0 spiro atoms. The monoisotopic (exact) mass is 273 g/mol. The van der Waals surface area contributed by atoms with Crippen LogP contribution in [0.5, 0.6) is 0 Å². The average Bonchev–Trinajstić information content (AvgIpc) is 2.86. The molecule has 2 aromatic rings. The van der Waals surface area contributed by atoms with E-state index in [1.165, 1.54) is 0 Å². The number of hydrogen-bond donors (Lipinski definition) is 1. The number of hydrogen-bond acceptors (Lipinski definition) is 4. The van der Waals surface area contributed by atoms with Gasteiger partial charge in [0.05, 0.1) is 0 Å². The normalized spacial score (nSPS) is 11.7. The van der Waals surface area contributed by atoms with Gasteiger partial charge < -0.3 is 9.88 Å². The van der Waals surface area contributed by atoms with Gasteiger partial charge in [-0.25, -0.2) is 15.0 Å². The summed E-state index contributed by atoms with van der Waals surface area (Å²) in [5.74, 6) is 2.57. The molecule has 5 nitrogen and oxygen atoms in total. The summed E-state index contributed by atoms with van der Waals surface area (Å²) in [5, 5.41) is 3.27. The molecular formula is C15H23N5. The summed E-state index contributed by atoms with van der Waals surface area (Å²) in [5.41, 5.74) is 0.775. The second-order valence-corrected chi connectivity index (χ2v) is 5.78. The molecule has 2 aromatic heterocycles. The van der Waals surface area contributed by atoms with E-state index < -0.39 is 0 Å². The Bertz CT molecular complexity index is 580. The van der Waals surface area contributed by atoms with Gasteiger partial charge in [0.25, 0.3) is 0 Å². The maximum atomic E-state index is 4.70. The van der Waals surface area contributed by atoms with Crippen molar-refractivity contribution in [3.63, 3.8) is 0 Å². The number of anilines is 1. The highest BCUT2D eigenvalue weighted by Gasteiger charge is 2.20. The minimum Gasteiger partial charge on any atom is -0.370 e. The van der Waals surface area contributed by atoms with E-state index >= 15 is 0 Å². The van der Waals surface area contributed by atoms with E-state index in [2.05, 4.69) is 54.5 Å². The topological polar surface area (TPSA) is 55.6 Å².